The van der Waals surface area contributed by atoms with Gasteiger partial charge in [-0.15, -0.1) is 11.3 Å². The van der Waals surface area contributed by atoms with E-state index < -0.39 is 29.6 Å². The molecule has 0 radical (unpaired) electrons. The van der Waals surface area contributed by atoms with Crippen LogP contribution < -0.4 is 5.32 Å². The van der Waals surface area contributed by atoms with E-state index >= 15 is 0 Å². The molecule has 1 aromatic heterocycles. The summed E-state index contributed by atoms with van der Waals surface area (Å²) in [5.41, 5.74) is -0.937. The van der Waals surface area contributed by atoms with Crippen molar-refractivity contribution in [2.45, 2.75) is 6.18 Å². The first kappa shape index (κ1) is 28.2. The van der Waals surface area contributed by atoms with Gasteiger partial charge in [0, 0.05) is 26.2 Å². The Hall–Kier alpha value is -3.00. The maximum atomic E-state index is 12.8. The highest BCUT2D eigenvalue weighted by Gasteiger charge is 2.31. The number of amides is 1. The summed E-state index contributed by atoms with van der Waals surface area (Å²) in [6.07, 6.45) is -4.51. The monoisotopic (exact) mass is 535 g/mol. The fraction of sp³-hybridized carbons (Fsp3) is 0.333. The highest BCUT2D eigenvalue weighted by molar-refractivity contribution is 7.12. The van der Waals surface area contributed by atoms with Gasteiger partial charge in [0.1, 0.15) is 0 Å². The van der Waals surface area contributed by atoms with Gasteiger partial charge >= 0.3 is 18.1 Å². The summed E-state index contributed by atoms with van der Waals surface area (Å²) in [5, 5.41) is 19.1. The van der Waals surface area contributed by atoms with E-state index in [4.69, 9.17) is 31.4 Å². The summed E-state index contributed by atoms with van der Waals surface area (Å²) in [7, 11) is 0. The summed E-state index contributed by atoms with van der Waals surface area (Å²) in [6.45, 7) is 2.81. The minimum absolute atomic E-state index is 0.0410. The van der Waals surface area contributed by atoms with Crippen LogP contribution in [-0.2, 0) is 20.6 Å². The first-order valence-electron chi connectivity index (χ1n) is 10.0. The van der Waals surface area contributed by atoms with E-state index in [-0.39, 0.29) is 23.0 Å². The number of alkyl halides is 3. The molecule has 3 rings (SSSR count). The normalized spacial score (nSPS) is 14.5. The molecular weight excluding hydrogens is 515 g/mol. The Labute approximate surface area is 206 Å². The second-order valence-corrected chi connectivity index (χ2v) is 8.66. The summed E-state index contributed by atoms with van der Waals surface area (Å²) in [6, 6.07) is 6.45. The van der Waals surface area contributed by atoms with Crippen LogP contribution in [0.2, 0.25) is 5.02 Å². The molecule has 0 atom stereocenters. The zero-order valence-electron chi connectivity index (χ0n) is 18.0. The van der Waals surface area contributed by atoms with Crippen molar-refractivity contribution >= 4 is 52.3 Å². The van der Waals surface area contributed by atoms with Crippen molar-refractivity contribution in [2.75, 3.05) is 44.6 Å². The lowest BCUT2D eigenvalue weighted by atomic mass is 10.2. The highest BCUT2D eigenvalue weighted by Crippen LogP contribution is 2.33. The van der Waals surface area contributed by atoms with Gasteiger partial charge in [0.15, 0.2) is 5.78 Å². The van der Waals surface area contributed by atoms with Crippen LogP contribution in [-0.4, -0.2) is 82.9 Å². The molecule has 3 N–H and O–H groups in total. The molecule has 1 amide bonds. The molecule has 1 fully saturated rings. The summed E-state index contributed by atoms with van der Waals surface area (Å²) in [4.78, 5) is 47.3. The van der Waals surface area contributed by atoms with E-state index in [9.17, 15) is 22.8 Å². The van der Waals surface area contributed by atoms with Gasteiger partial charge in [-0.2, -0.15) is 13.2 Å². The van der Waals surface area contributed by atoms with Gasteiger partial charge in [0.05, 0.1) is 34.2 Å². The molecule has 0 bridgehead atoms. The minimum atomic E-state index is -4.51. The molecule has 2 heterocycles. The van der Waals surface area contributed by atoms with Crippen LogP contribution in [0.4, 0.5) is 18.9 Å². The lowest BCUT2D eigenvalue weighted by molar-refractivity contribution is -0.159. The van der Waals surface area contributed by atoms with Gasteiger partial charge in [-0.25, -0.2) is 9.59 Å². The van der Waals surface area contributed by atoms with E-state index in [0.29, 0.717) is 32.7 Å². The number of hydrogen-bond donors (Lipinski definition) is 3. The van der Waals surface area contributed by atoms with Crippen LogP contribution in [0.15, 0.2) is 35.7 Å². The molecule has 1 aliphatic heterocycles. The number of nitrogens with one attached hydrogen (secondary N) is 1. The van der Waals surface area contributed by atoms with Gasteiger partial charge in [0.25, 0.3) is 0 Å². The van der Waals surface area contributed by atoms with Crippen LogP contribution in [0.1, 0.15) is 15.2 Å². The Bertz CT molecular complexity index is 1050. The Balaban J connectivity index is 0.000000641. The van der Waals surface area contributed by atoms with Crippen molar-refractivity contribution in [2.24, 2.45) is 0 Å². The number of halogens is 4. The number of piperazine rings is 1. The van der Waals surface area contributed by atoms with Gasteiger partial charge in [0.2, 0.25) is 5.91 Å². The predicted octanol–water partition coefficient (Wildman–Crippen LogP) is 3.01. The zero-order chi connectivity index (χ0) is 26.2. The van der Waals surface area contributed by atoms with Crippen LogP contribution in [0, 0.1) is 0 Å². The largest absolute Gasteiger partial charge is 0.473 e. The summed E-state index contributed by atoms with van der Waals surface area (Å²) >= 11 is 7.32. The van der Waals surface area contributed by atoms with Gasteiger partial charge in [-0.1, -0.05) is 17.7 Å². The van der Waals surface area contributed by atoms with Crippen LogP contribution in [0.25, 0.3) is 0 Å². The van der Waals surface area contributed by atoms with Crippen molar-refractivity contribution in [1.29, 1.82) is 0 Å². The molecule has 0 unspecified atom stereocenters. The fourth-order valence-electron chi connectivity index (χ4n) is 3.01. The topological polar surface area (TPSA) is 127 Å². The van der Waals surface area contributed by atoms with Crippen molar-refractivity contribution < 1.29 is 42.6 Å². The Morgan fingerprint density at radius 3 is 2.03 bits per heavy atom. The lowest BCUT2D eigenvalue weighted by Gasteiger charge is -2.33. The van der Waals surface area contributed by atoms with Crippen molar-refractivity contribution in [3.63, 3.8) is 0 Å². The average molecular weight is 536 g/mol. The number of carboxylic acids is 2. The number of rotatable bonds is 6. The molecule has 1 saturated heterocycles. The van der Waals surface area contributed by atoms with E-state index in [1.165, 1.54) is 11.3 Å². The Morgan fingerprint density at radius 2 is 1.54 bits per heavy atom. The molecule has 1 aliphatic rings. The smallest absolute Gasteiger partial charge is 0.416 e. The SMILES string of the molecule is O=C(CN1CCN(CC(=O)c2cccs2)CC1)Nc1cc(C(F)(F)F)ccc1Cl.O=C(O)C(=O)O. The van der Waals surface area contributed by atoms with E-state index in [1.54, 1.807) is 6.07 Å². The number of carbonyl (C=O) groups is 4. The van der Waals surface area contributed by atoms with Crippen LogP contribution in [0.3, 0.4) is 0 Å². The standard InChI is InChI=1S/C19H19ClF3N3O2S.C2H2O4/c20-14-4-3-13(19(21,22)23)10-15(14)24-18(28)12-26-7-5-25(6-8-26)11-16(27)17-2-1-9-29-17;3-1(4)2(5)6/h1-4,9-10H,5-8,11-12H2,(H,24,28);(H,3,4)(H,5,6). The van der Waals surface area contributed by atoms with Gasteiger partial charge < -0.3 is 15.5 Å². The number of carbonyl (C=O) groups excluding carboxylic acids is 2. The Morgan fingerprint density at radius 1 is 0.971 bits per heavy atom. The minimum Gasteiger partial charge on any atom is -0.473 e. The molecule has 1 aromatic carbocycles. The second kappa shape index (κ2) is 12.6. The van der Waals surface area contributed by atoms with Crippen molar-refractivity contribution in [1.82, 2.24) is 9.80 Å². The second-order valence-electron chi connectivity index (χ2n) is 7.30. The molecule has 0 saturated carbocycles. The molecule has 0 spiro atoms. The molecule has 2 aromatic rings. The number of ketones is 1. The number of anilines is 1. The number of aliphatic carboxylic acids is 2. The number of hydrogen-bond acceptors (Lipinski definition) is 7. The Kier molecular flexibility index (Phi) is 10.2. The maximum absolute atomic E-state index is 12.8. The lowest BCUT2D eigenvalue weighted by Crippen LogP contribution is -2.49. The predicted molar refractivity (Wildman–Crippen MR) is 122 cm³/mol. The van der Waals surface area contributed by atoms with Crippen molar-refractivity contribution in [3.05, 3.63) is 51.2 Å². The summed E-state index contributed by atoms with van der Waals surface area (Å²) < 4.78 is 38.5. The third-order valence-electron chi connectivity index (χ3n) is 4.75. The van der Waals surface area contributed by atoms with Crippen LogP contribution >= 0.6 is 22.9 Å². The number of nitrogens with zero attached hydrogens (tertiary/aromatic N) is 2. The molecule has 190 valence electrons. The van der Waals surface area contributed by atoms with E-state index in [0.717, 1.165) is 23.1 Å². The molecule has 9 nitrogen and oxygen atoms in total. The van der Waals surface area contributed by atoms with Crippen LogP contribution in [0.5, 0.6) is 0 Å². The fourth-order valence-corrected chi connectivity index (χ4v) is 3.84. The third kappa shape index (κ3) is 9.28. The number of Topliss-reactive ketones (excluding diaryl/α,β-unsaturated/α-hetero) is 1. The highest BCUT2D eigenvalue weighted by atomic mass is 35.5. The van der Waals surface area contributed by atoms with E-state index in [2.05, 4.69) is 5.32 Å². The molecule has 35 heavy (non-hydrogen) atoms. The molecule has 14 heteroatoms. The number of benzene rings is 1. The van der Waals surface area contributed by atoms with Crippen molar-refractivity contribution in [3.8, 4) is 0 Å². The quantitative estimate of drug-likeness (QED) is 0.380. The molecular formula is C21H21ClF3N3O6S. The maximum Gasteiger partial charge on any atom is 0.416 e. The first-order valence-corrected chi connectivity index (χ1v) is 11.3. The average Bonchev–Trinajstić information content (AvgIpc) is 3.31. The number of thiophene rings is 1. The third-order valence-corrected chi connectivity index (χ3v) is 5.99. The van der Waals surface area contributed by atoms with Gasteiger partial charge in [-0.3, -0.25) is 19.4 Å². The summed E-state index contributed by atoms with van der Waals surface area (Å²) in [5.74, 6) is -4.01. The first-order chi connectivity index (χ1) is 16.4. The van der Waals surface area contributed by atoms with E-state index in [1.807, 2.05) is 21.2 Å². The number of carboxylic acid groups (broad SMARTS) is 2. The van der Waals surface area contributed by atoms with Gasteiger partial charge in [-0.05, 0) is 29.6 Å². The zero-order valence-corrected chi connectivity index (χ0v) is 19.6. The molecule has 0 aliphatic carbocycles.